The van der Waals surface area contributed by atoms with E-state index in [4.69, 9.17) is 4.42 Å². The van der Waals surface area contributed by atoms with Crippen LogP contribution < -0.4 is 5.32 Å². The number of rotatable bonds is 5. The van der Waals surface area contributed by atoms with Gasteiger partial charge in [-0.1, -0.05) is 30.5 Å². The predicted molar refractivity (Wildman–Crippen MR) is 106 cm³/mol. The Kier molecular flexibility index (Phi) is 4.88. The van der Waals surface area contributed by atoms with Gasteiger partial charge in [-0.25, -0.2) is 4.79 Å². The van der Waals surface area contributed by atoms with Gasteiger partial charge in [0, 0.05) is 16.7 Å². The average molecular weight is 391 g/mol. The summed E-state index contributed by atoms with van der Waals surface area (Å²) in [6, 6.07) is 14.5. The van der Waals surface area contributed by atoms with Gasteiger partial charge in [0.25, 0.3) is 5.91 Å². The number of aryl methyl sites for hydroxylation is 1. The zero-order chi connectivity index (χ0) is 20.4. The summed E-state index contributed by atoms with van der Waals surface area (Å²) in [6.45, 7) is 2.01. The number of amides is 1. The van der Waals surface area contributed by atoms with Gasteiger partial charge in [-0.2, -0.15) is 0 Å². The van der Waals surface area contributed by atoms with E-state index < -0.39 is 17.4 Å². The summed E-state index contributed by atoms with van der Waals surface area (Å²) < 4.78 is 5.75. The Hall–Kier alpha value is -3.48. The van der Waals surface area contributed by atoms with Crippen LogP contribution in [0.3, 0.4) is 0 Å². The molecule has 0 spiro atoms. The molecule has 0 aliphatic heterocycles. The fraction of sp³-hybridized carbons (Fsp3) is 0.273. The van der Waals surface area contributed by atoms with Crippen molar-refractivity contribution < 1.29 is 19.1 Å². The molecular weight excluding hydrogens is 370 g/mol. The van der Waals surface area contributed by atoms with Crippen LogP contribution in [0.25, 0.3) is 22.9 Å². The molecule has 0 saturated heterocycles. The molecule has 3 aromatic rings. The molecule has 1 aliphatic rings. The van der Waals surface area contributed by atoms with Crippen LogP contribution in [0.1, 0.15) is 41.6 Å². The lowest BCUT2D eigenvalue weighted by Gasteiger charge is -2.25. The molecule has 1 aliphatic carbocycles. The van der Waals surface area contributed by atoms with Gasteiger partial charge in [-0.05, 0) is 56.2 Å². The third-order valence-electron chi connectivity index (χ3n) is 5.34. The highest BCUT2D eigenvalue weighted by Crippen LogP contribution is 2.30. The van der Waals surface area contributed by atoms with E-state index >= 15 is 0 Å². The number of carbonyl (C=O) groups excluding carboxylic acids is 1. The number of carboxylic acids is 1. The van der Waals surface area contributed by atoms with E-state index in [9.17, 15) is 14.7 Å². The zero-order valence-corrected chi connectivity index (χ0v) is 16.0. The van der Waals surface area contributed by atoms with Crippen LogP contribution in [-0.2, 0) is 4.79 Å². The summed E-state index contributed by atoms with van der Waals surface area (Å²) >= 11 is 0. The van der Waals surface area contributed by atoms with E-state index in [1.807, 2.05) is 31.2 Å². The maximum atomic E-state index is 12.5. The molecule has 4 rings (SSSR count). The minimum atomic E-state index is -1.16. The van der Waals surface area contributed by atoms with Gasteiger partial charge in [-0.15, -0.1) is 10.2 Å². The molecule has 1 fully saturated rings. The van der Waals surface area contributed by atoms with E-state index in [-0.39, 0.29) is 0 Å². The fourth-order valence-corrected chi connectivity index (χ4v) is 3.58. The zero-order valence-electron chi connectivity index (χ0n) is 16.0. The highest BCUT2D eigenvalue weighted by molar-refractivity contribution is 5.98. The third kappa shape index (κ3) is 3.76. The lowest BCUT2D eigenvalue weighted by atomic mass is 9.97. The maximum absolute atomic E-state index is 12.5. The van der Waals surface area contributed by atoms with Crippen molar-refractivity contribution in [2.24, 2.45) is 0 Å². The monoisotopic (exact) mass is 391 g/mol. The SMILES string of the molecule is Cc1ccc(-c2nnc(-c3ccc(C(=O)NC4(C(=O)O)CCCC4)cc3)o2)cc1. The molecule has 1 aromatic heterocycles. The van der Waals surface area contributed by atoms with Gasteiger partial charge in [0.15, 0.2) is 0 Å². The minimum absolute atomic E-state index is 0.352. The van der Waals surface area contributed by atoms with Gasteiger partial charge in [0.1, 0.15) is 5.54 Å². The standard InChI is InChI=1S/C22H21N3O4/c1-14-4-6-16(7-5-14)19-24-25-20(29-19)17-10-8-15(9-11-17)18(26)23-22(21(27)28)12-2-3-13-22/h4-11H,2-3,12-13H2,1H3,(H,23,26)(H,27,28). The van der Waals surface area contributed by atoms with Crippen molar-refractivity contribution in [3.05, 3.63) is 59.7 Å². The van der Waals surface area contributed by atoms with Crippen molar-refractivity contribution in [1.29, 1.82) is 0 Å². The maximum Gasteiger partial charge on any atom is 0.329 e. The number of hydrogen-bond acceptors (Lipinski definition) is 5. The molecular formula is C22H21N3O4. The first-order valence-electron chi connectivity index (χ1n) is 9.54. The highest BCUT2D eigenvalue weighted by atomic mass is 16.4. The molecule has 2 N–H and O–H groups in total. The summed E-state index contributed by atoms with van der Waals surface area (Å²) in [5.74, 6) is -0.599. The van der Waals surface area contributed by atoms with Crippen LogP contribution >= 0.6 is 0 Å². The lowest BCUT2D eigenvalue weighted by molar-refractivity contribution is -0.144. The van der Waals surface area contributed by atoms with Crippen LogP contribution in [0.5, 0.6) is 0 Å². The second-order valence-corrected chi connectivity index (χ2v) is 7.40. The van der Waals surface area contributed by atoms with E-state index in [1.54, 1.807) is 24.3 Å². The van der Waals surface area contributed by atoms with E-state index in [2.05, 4.69) is 15.5 Å². The molecule has 1 amide bonds. The number of hydrogen-bond donors (Lipinski definition) is 2. The lowest BCUT2D eigenvalue weighted by Crippen LogP contribution is -2.52. The largest absolute Gasteiger partial charge is 0.480 e. The Balaban J connectivity index is 1.50. The first-order valence-corrected chi connectivity index (χ1v) is 9.54. The van der Waals surface area contributed by atoms with Crippen LogP contribution in [0.4, 0.5) is 0 Å². The number of aliphatic carboxylic acids is 1. The van der Waals surface area contributed by atoms with E-state index in [0.29, 0.717) is 35.7 Å². The van der Waals surface area contributed by atoms with Gasteiger partial charge < -0.3 is 14.8 Å². The van der Waals surface area contributed by atoms with Crippen LogP contribution in [0.2, 0.25) is 0 Å². The molecule has 0 bridgehead atoms. The van der Waals surface area contributed by atoms with Gasteiger partial charge in [0.2, 0.25) is 11.8 Å². The minimum Gasteiger partial charge on any atom is -0.480 e. The van der Waals surface area contributed by atoms with Crippen LogP contribution in [0, 0.1) is 6.92 Å². The normalized spacial score (nSPS) is 15.2. The van der Waals surface area contributed by atoms with Crippen molar-refractivity contribution >= 4 is 11.9 Å². The first-order chi connectivity index (χ1) is 14.0. The van der Waals surface area contributed by atoms with Crippen molar-refractivity contribution in [2.75, 3.05) is 0 Å². The fourth-order valence-electron chi connectivity index (χ4n) is 3.58. The summed E-state index contributed by atoms with van der Waals surface area (Å²) in [6.07, 6.45) is 2.50. The first kappa shape index (κ1) is 18.9. The van der Waals surface area contributed by atoms with Crippen molar-refractivity contribution in [1.82, 2.24) is 15.5 Å². The number of carbonyl (C=O) groups is 2. The number of carboxylic acid groups (broad SMARTS) is 1. The summed E-state index contributed by atoms with van der Waals surface area (Å²) in [5.41, 5.74) is 1.89. The molecule has 0 radical (unpaired) electrons. The van der Waals surface area contributed by atoms with Gasteiger partial charge in [0.05, 0.1) is 0 Å². The average Bonchev–Trinajstić information content (AvgIpc) is 3.39. The Morgan fingerprint density at radius 3 is 1.97 bits per heavy atom. The van der Waals surface area contributed by atoms with E-state index in [0.717, 1.165) is 24.0 Å². The van der Waals surface area contributed by atoms with Crippen LogP contribution in [0.15, 0.2) is 52.9 Å². The second-order valence-electron chi connectivity index (χ2n) is 7.40. The molecule has 2 aromatic carbocycles. The van der Waals surface area contributed by atoms with Gasteiger partial charge in [-0.3, -0.25) is 4.79 Å². The summed E-state index contributed by atoms with van der Waals surface area (Å²) in [7, 11) is 0. The molecule has 7 nitrogen and oxygen atoms in total. The number of nitrogens with one attached hydrogen (secondary N) is 1. The Morgan fingerprint density at radius 1 is 0.931 bits per heavy atom. The number of aromatic nitrogens is 2. The smallest absolute Gasteiger partial charge is 0.329 e. The molecule has 0 unspecified atom stereocenters. The summed E-state index contributed by atoms with van der Waals surface area (Å²) in [4.78, 5) is 24.2. The third-order valence-corrected chi connectivity index (χ3v) is 5.34. The van der Waals surface area contributed by atoms with Crippen molar-refractivity contribution in [2.45, 2.75) is 38.1 Å². The second kappa shape index (κ2) is 7.50. The molecule has 1 heterocycles. The topological polar surface area (TPSA) is 105 Å². The number of nitrogens with zero attached hydrogens (tertiary/aromatic N) is 2. The van der Waals surface area contributed by atoms with Crippen LogP contribution in [-0.4, -0.2) is 32.7 Å². The van der Waals surface area contributed by atoms with Gasteiger partial charge >= 0.3 is 5.97 Å². The Morgan fingerprint density at radius 2 is 1.45 bits per heavy atom. The van der Waals surface area contributed by atoms with E-state index in [1.165, 1.54) is 0 Å². The molecule has 148 valence electrons. The predicted octanol–water partition coefficient (Wildman–Crippen LogP) is 3.84. The van der Waals surface area contributed by atoms with Crippen molar-refractivity contribution in [3.8, 4) is 22.9 Å². The molecule has 29 heavy (non-hydrogen) atoms. The molecule has 7 heteroatoms. The Labute approximate surface area is 167 Å². The summed E-state index contributed by atoms with van der Waals surface area (Å²) in [5, 5.41) is 20.4. The number of benzene rings is 2. The van der Waals surface area contributed by atoms with Crippen molar-refractivity contribution in [3.63, 3.8) is 0 Å². The molecule has 0 atom stereocenters. The molecule has 1 saturated carbocycles. The quantitative estimate of drug-likeness (QED) is 0.685. The Bertz CT molecular complexity index is 1030. The highest BCUT2D eigenvalue weighted by Gasteiger charge is 2.42.